The van der Waals surface area contributed by atoms with Gasteiger partial charge in [-0.1, -0.05) is 61.4 Å². The molecule has 7 heteroatoms. The molecule has 3 N–H and O–H groups in total. The van der Waals surface area contributed by atoms with E-state index in [1.807, 2.05) is 48.7 Å². The van der Waals surface area contributed by atoms with Crippen molar-refractivity contribution < 1.29 is 9.59 Å². The maximum Gasteiger partial charge on any atom is 0.244 e. The second kappa shape index (κ2) is 11.2. The minimum atomic E-state index is -0.798. The van der Waals surface area contributed by atoms with E-state index in [0.29, 0.717) is 0 Å². The van der Waals surface area contributed by atoms with Gasteiger partial charge < -0.3 is 11.1 Å². The van der Waals surface area contributed by atoms with Gasteiger partial charge in [0, 0.05) is 50.3 Å². The predicted octanol–water partition coefficient (Wildman–Crippen LogP) is 3.25. The third-order valence-corrected chi connectivity index (χ3v) is 7.70. The number of carbonyl (C=O) groups is 2. The van der Waals surface area contributed by atoms with Gasteiger partial charge >= 0.3 is 0 Å². The van der Waals surface area contributed by atoms with Gasteiger partial charge in [0.15, 0.2) is 0 Å². The van der Waals surface area contributed by atoms with Crippen molar-refractivity contribution in [1.82, 2.24) is 20.1 Å². The summed E-state index contributed by atoms with van der Waals surface area (Å²) in [5.41, 5.74) is 8.64. The highest BCUT2D eigenvalue weighted by atomic mass is 16.2. The van der Waals surface area contributed by atoms with E-state index in [-0.39, 0.29) is 17.9 Å². The lowest BCUT2D eigenvalue weighted by Gasteiger charge is -2.44. The third kappa shape index (κ3) is 5.58. The van der Waals surface area contributed by atoms with Gasteiger partial charge in [-0.15, -0.1) is 0 Å². The Bertz CT molecular complexity index is 1190. The molecule has 3 atom stereocenters. The molecule has 188 valence electrons. The monoisotopic (exact) mass is 485 g/mol. The smallest absolute Gasteiger partial charge is 0.244 e. The van der Waals surface area contributed by atoms with Crippen molar-refractivity contribution in [2.75, 3.05) is 26.2 Å². The van der Waals surface area contributed by atoms with Crippen LogP contribution in [-0.4, -0.2) is 58.8 Å². The minimum Gasteiger partial charge on any atom is -0.368 e. The molecule has 0 unspecified atom stereocenters. The van der Waals surface area contributed by atoms with Crippen LogP contribution < -0.4 is 11.1 Å². The molecule has 1 saturated carbocycles. The number of aromatic nitrogens is 1. The van der Waals surface area contributed by atoms with Gasteiger partial charge in [0.1, 0.15) is 6.04 Å². The Hall–Kier alpha value is -3.29. The van der Waals surface area contributed by atoms with Crippen LogP contribution in [0.2, 0.25) is 0 Å². The summed E-state index contributed by atoms with van der Waals surface area (Å²) in [6, 6.07) is 19.1. The van der Waals surface area contributed by atoms with Crippen molar-refractivity contribution in [2.24, 2.45) is 11.7 Å². The second-order valence-corrected chi connectivity index (χ2v) is 10.1. The van der Waals surface area contributed by atoms with Crippen molar-refractivity contribution in [1.29, 1.82) is 0 Å². The van der Waals surface area contributed by atoms with E-state index >= 15 is 0 Å². The highest BCUT2D eigenvalue weighted by Crippen LogP contribution is 2.30. The average molecular weight is 486 g/mol. The summed E-state index contributed by atoms with van der Waals surface area (Å²) < 4.78 is 0. The molecule has 1 aliphatic carbocycles. The highest BCUT2D eigenvalue weighted by Gasteiger charge is 2.37. The Balaban J connectivity index is 1.20. The normalized spacial score (nSPS) is 22.2. The first-order valence-corrected chi connectivity index (χ1v) is 13.0. The van der Waals surface area contributed by atoms with E-state index in [1.54, 1.807) is 0 Å². The Morgan fingerprint density at radius 1 is 0.972 bits per heavy atom. The summed E-state index contributed by atoms with van der Waals surface area (Å²) in [6.07, 6.45) is 6.02. The lowest BCUT2D eigenvalue weighted by Crippen LogP contribution is -2.55. The van der Waals surface area contributed by atoms with Gasteiger partial charge in [0.25, 0.3) is 0 Å². The van der Waals surface area contributed by atoms with Gasteiger partial charge in [-0.3, -0.25) is 24.4 Å². The zero-order valence-corrected chi connectivity index (χ0v) is 20.7. The number of benzene rings is 2. The zero-order chi connectivity index (χ0) is 24.9. The van der Waals surface area contributed by atoms with Crippen molar-refractivity contribution in [3.05, 3.63) is 78.0 Å². The third-order valence-electron chi connectivity index (χ3n) is 7.70. The van der Waals surface area contributed by atoms with Crippen LogP contribution >= 0.6 is 0 Å². The number of pyridine rings is 1. The number of piperazine rings is 1. The molecule has 2 aromatic carbocycles. The molecule has 1 aliphatic heterocycles. The first-order chi connectivity index (χ1) is 17.6. The molecule has 0 spiro atoms. The fraction of sp³-hybridized carbons (Fsp3) is 0.414. The molecule has 7 nitrogen and oxygen atoms in total. The molecule has 2 heterocycles. The Morgan fingerprint density at radius 3 is 2.47 bits per heavy atom. The van der Waals surface area contributed by atoms with Crippen LogP contribution in [0.3, 0.4) is 0 Å². The molecule has 2 fully saturated rings. The van der Waals surface area contributed by atoms with Gasteiger partial charge in [-0.05, 0) is 36.1 Å². The van der Waals surface area contributed by atoms with Crippen LogP contribution in [0.1, 0.15) is 42.9 Å². The molecule has 0 bridgehead atoms. The van der Waals surface area contributed by atoms with Gasteiger partial charge in [-0.2, -0.15) is 0 Å². The number of rotatable bonds is 7. The van der Waals surface area contributed by atoms with E-state index in [2.05, 4.69) is 38.3 Å². The average Bonchev–Trinajstić information content (AvgIpc) is 2.92. The number of carbonyl (C=O) groups excluding carboxylic acids is 2. The van der Waals surface area contributed by atoms with E-state index in [1.165, 1.54) is 10.9 Å². The van der Waals surface area contributed by atoms with Crippen LogP contribution in [0.4, 0.5) is 0 Å². The van der Waals surface area contributed by atoms with Crippen LogP contribution in [-0.2, 0) is 16.1 Å². The predicted molar refractivity (Wildman–Crippen MR) is 141 cm³/mol. The number of nitrogens with two attached hydrogens (primary N) is 1. The van der Waals surface area contributed by atoms with E-state index < -0.39 is 11.9 Å². The number of nitrogens with zero attached hydrogens (tertiary/aromatic N) is 3. The number of nitrogens with one attached hydrogen (secondary N) is 1. The van der Waals surface area contributed by atoms with E-state index in [4.69, 9.17) is 5.73 Å². The molecule has 0 radical (unpaired) electrons. The van der Waals surface area contributed by atoms with Gasteiger partial charge in [-0.25, -0.2) is 0 Å². The van der Waals surface area contributed by atoms with E-state index in [0.717, 1.165) is 69.5 Å². The quantitative estimate of drug-likeness (QED) is 0.536. The first-order valence-electron chi connectivity index (χ1n) is 13.0. The molecule has 2 aliphatic rings. The molecular weight excluding hydrogens is 450 g/mol. The number of para-hydroxylation sites is 1. The summed E-state index contributed by atoms with van der Waals surface area (Å²) in [7, 11) is 0. The Morgan fingerprint density at radius 2 is 1.69 bits per heavy atom. The molecule has 1 aromatic heterocycles. The van der Waals surface area contributed by atoms with Gasteiger partial charge in [0.05, 0.1) is 11.4 Å². The largest absolute Gasteiger partial charge is 0.368 e. The van der Waals surface area contributed by atoms with Crippen molar-refractivity contribution in [2.45, 2.75) is 44.3 Å². The number of fused-ring (bicyclic) bond motifs is 1. The Labute approximate surface area is 212 Å². The molecular formula is C29H35N5O2. The van der Waals surface area contributed by atoms with Crippen molar-refractivity contribution >= 4 is 22.7 Å². The summed E-state index contributed by atoms with van der Waals surface area (Å²) in [5, 5.41) is 4.15. The van der Waals surface area contributed by atoms with Crippen LogP contribution in [0.15, 0.2) is 66.9 Å². The standard InChI is InChI=1S/C29H35N5O2/c30-28(35)27(22-8-2-1-3-9-22)32-29(36)24-11-5-7-13-26(24)34-16-14-33(15-17-34)20-21-18-23-10-4-6-12-25(23)31-19-21/h1-4,6,8-10,12,18-19,24,26-27H,5,7,11,13-17,20H2,(H2,30,35)(H,32,36)/t24-,26-,27-/m0/s1. The van der Waals surface area contributed by atoms with E-state index in [9.17, 15) is 9.59 Å². The maximum absolute atomic E-state index is 13.4. The second-order valence-electron chi connectivity index (χ2n) is 10.1. The number of primary amides is 1. The lowest BCUT2D eigenvalue weighted by molar-refractivity contribution is -0.133. The first kappa shape index (κ1) is 24.4. The Kier molecular flexibility index (Phi) is 7.58. The molecule has 36 heavy (non-hydrogen) atoms. The number of hydrogen-bond donors (Lipinski definition) is 2. The fourth-order valence-corrected chi connectivity index (χ4v) is 5.78. The maximum atomic E-state index is 13.4. The summed E-state index contributed by atoms with van der Waals surface area (Å²) in [5.74, 6) is -0.712. The highest BCUT2D eigenvalue weighted by molar-refractivity contribution is 5.88. The molecule has 3 aromatic rings. The van der Waals surface area contributed by atoms with Crippen LogP contribution in [0.5, 0.6) is 0 Å². The lowest BCUT2D eigenvalue weighted by atomic mass is 9.82. The van der Waals surface area contributed by atoms with Gasteiger partial charge in [0.2, 0.25) is 11.8 Å². The fourth-order valence-electron chi connectivity index (χ4n) is 5.78. The minimum absolute atomic E-state index is 0.0583. The zero-order valence-electron chi connectivity index (χ0n) is 20.7. The summed E-state index contributed by atoms with van der Waals surface area (Å²) >= 11 is 0. The number of amides is 2. The SMILES string of the molecule is NC(=O)[C@@H](NC(=O)[C@H]1CCCC[C@@H]1N1CCN(Cc2cnc3ccccc3c2)CC1)c1ccccc1. The topological polar surface area (TPSA) is 91.6 Å². The summed E-state index contributed by atoms with van der Waals surface area (Å²) in [6.45, 7) is 4.69. The van der Waals surface area contributed by atoms with Crippen molar-refractivity contribution in [3.63, 3.8) is 0 Å². The van der Waals surface area contributed by atoms with Crippen LogP contribution in [0, 0.1) is 5.92 Å². The van der Waals surface area contributed by atoms with Crippen molar-refractivity contribution in [3.8, 4) is 0 Å². The molecule has 2 amide bonds. The number of hydrogen-bond acceptors (Lipinski definition) is 5. The molecule has 1 saturated heterocycles. The summed E-state index contributed by atoms with van der Waals surface area (Å²) in [4.78, 5) is 35.1. The van der Waals surface area contributed by atoms with Crippen LogP contribution in [0.25, 0.3) is 10.9 Å². The molecule has 5 rings (SSSR count).